The first kappa shape index (κ1) is 15.2. The Morgan fingerprint density at radius 1 is 1.45 bits per heavy atom. The Bertz CT molecular complexity index is 471. The number of nitrogens with zero attached hydrogens (tertiary/aromatic N) is 1. The van der Waals surface area contributed by atoms with E-state index < -0.39 is 0 Å². The summed E-state index contributed by atoms with van der Waals surface area (Å²) in [6, 6.07) is 6.18. The third-order valence-electron chi connectivity index (χ3n) is 3.65. The molecule has 0 radical (unpaired) electrons. The zero-order valence-corrected chi connectivity index (χ0v) is 12.7. The molecule has 0 unspecified atom stereocenters. The summed E-state index contributed by atoms with van der Waals surface area (Å²) in [6.07, 6.45) is 2.17. The van der Waals surface area contributed by atoms with Crippen LogP contribution in [0.25, 0.3) is 0 Å². The Balaban J connectivity index is 2.06. The van der Waals surface area contributed by atoms with Crippen LogP contribution in [0.5, 0.6) is 0 Å². The predicted molar refractivity (Wildman–Crippen MR) is 85.3 cm³/mol. The molecule has 5 heteroatoms. The largest absolute Gasteiger partial charge is 0.394 e. The molecular formula is C15H22N2O2S. The maximum Gasteiger partial charge on any atom is 0.106 e. The van der Waals surface area contributed by atoms with E-state index in [2.05, 4.69) is 17.9 Å². The van der Waals surface area contributed by atoms with Crippen LogP contribution in [0.3, 0.4) is 0 Å². The van der Waals surface area contributed by atoms with E-state index in [1.54, 1.807) is 0 Å². The van der Waals surface area contributed by atoms with Crippen molar-refractivity contribution in [2.75, 3.05) is 31.2 Å². The van der Waals surface area contributed by atoms with Crippen LogP contribution in [-0.4, -0.2) is 42.5 Å². The lowest BCUT2D eigenvalue weighted by Gasteiger charge is -2.34. The van der Waals surface area contributed by atoms with E-state index in [-0.39, 0.29) is 12.7 Å². The normalized spacial score (nSPS) is 16.4. The summed E-state index contributed by atoms with van der Waals surface area (Å²) < 4.78 is 5.59. The van der Waals surface area contributed by atoms with Crippen molar-refractivity contribution >= 4 is 22.9 Å². The predicted octanol–water partition coefficient (Wildman–Crippen LogP) is 1.61. The van der Waals surface area contributed by atoms with Gasteiger partial charge in [0.2, 0.25) is 0 Å². The van der Waals surface area contributed by atoms with Crippen LogP contribution >= 0.6 is 12.2 Å². The van der Waals surface area contributed by atoms with Gasteiger partial charge in [-0.25, -0.2) is 0 Å². The van der Waals surface area contributed by atoms with E-state index >= 15 is 0 Å². The summed E-state index contributed by atoms with van der Waals surface area (Å²) in [5.41, 5.74) is 9.09. The number of anilines is 1. The third kappa shape index (κ3) is 3.69. The SMILES string of the molecule is Cc1ccc(C(N)=S)c(N2CCC(OCCO)CC2)c1. The second-order valence-electron chi connectivity index (χ2n) is 5.17. The number of ether oxygens (including phenoxy) is 1. The first-order chi connectivity index (χ1) is 9.61. The first-order valence-electron chi connectivity index (χ1n) is 6.99. The van der Waals surface area contributed by atoms with Gasteiger partial charge in [0.05, 0.1) is 19.3 Å². The molecule has 1 aliphatic rings. The van der Waals surface area contributed by atoms with Crippen LogP contribution in [0.2, 0.25) is 0 Å². The van der Waals surface area contributed by atoms with Crippen molar-refractivity contribution in [3.63, 3.8) is 0 Å². The Morgan fingerprint density at radius 2 is 2.15 bits per heavy atom. The lowest BCUT2D eigenvalue weighted by atomic mass is 10.0. The van der Waals surface area contributed by atoms with Gasteiger partial charge in [-0.15, -0.1) is 0 Å². The summed E-state index contributed by atoms with van der Waals surface area (Å²) in [7, 11) is 0. The van der Waals surface area contributed by atoms with Crippen LogP contribution < -0.4 is 10.6 Å². The van der Waals surface area contributed by atoms with Crippen molar-refractivity contribution in [3.05, 3.63) is 29.3 Å². The highest BCUT2D eigenvalue weighted by atomic mass is 32.1. The van der Waals surface area contributed by atoms with Crippen molar-refractivity contribution in [1.82, 2.24) is 0 Å². The second kappa shape index (κ2) is 7.02. The standard InChI is InChI=1S/C15H22N2O2S/c1-11-2-3-13(15(16)20)14(10-11)17-6-4-12(5-7-17)19-9-8-18/h2-3,10,12,18H,4-9H2,1H3,(H2,16,20). The molecule has 0 atom stereocenters. The van der Waals surface area contributed by atoms with Gasteiger partial charge in [0.25, 0.3) is 0 Å². The number of aliphatic hydroxyl groups excluding tert-OH is 1. The van der Waals surface area contributed by atoms with Crippen LogP contribution in [-0.2, 0) is 4.74 Å². The molecule has 0 saturated carbocycles. The van der Waals surface area contributed by atoms with Crippen LogP contribution in [0.1, 0.15) is 24.0 Å². The van der Waals surface area contributed by atoms with E-state index in [9.17, 15) is 0 Å². The highest BCUT2D eigenvalue weighted by Gasteiger charge is 2.22. The molecule has 4 nitrogen and oxygen atoms in total. The minimum atomic E-state index is 0.0870. The molecule has 20 heavy (non-hydrogen) atoms. The van der Waals surface area contributed by atoms with Gasteiger partial charge in [-0.05, 0) is 37.5 Å². The molecular weight excluding hydrogens is 272 g/mol. The minimum Gasteiger partial charge on any atom is -0.394 e. The summed E-state index contributed by atoms with van der Waals surface area (Å²) >= 11 is 5.14. The van der Waals surface area contributed by atoms with E-state index in [0.29, 0.717) is 11.6 Å². The molecule has 3 N–H and O–H groups in total. The van der Waals surface area contributed by atoms with Crippen molar-refractivity contribution in [1.29, 1.82) is 0 Å². The van der Waals surface area contributed by atoms with E-state index in [0.717, 1.165) is 37.2 Å². The van der Waals surface area contributed by atoms with Crippen LogP contribution in [0, 0.1) is 6.92 Å². The number of benzene rings is 1. The highest BCUT2D eigenvalue weighted by molar-refractivity contribution is 7.80. The fourth-order valence-electron chi connectivity index (χ4n) is 2.59. The van der Waals surface area contributed by atoms with Crippen molar-refractivity contribution < 1.29 is 9.84 Å². The van der Waals surface area contributed by atoms with Gasteiger partial charge in [-0.1, -0.05) is 18.3 Å². The summed E-state index contributed by atoms with van der Waals surface area (Å²) in [6.45, 7) is 4.44. The van der Waals surface area contributed by atoms with Gasteiger partial charge in [0.15, 0.2) is 0 Å². The number of hydrogen-bond acceptors (Lipinski definition) is 4. The summed E-state index contributed by atoms with van der Waals surface area (Å²) in [5.74, 6) is 0. The molecule has 0 aromatic heterocycles. The second-order valence-corrected chi connectivity index (χ2v) is 5.61. The molecule has 1 heterocycles. The number of aryl methyl sites for hydroxylation is 1. The Labute approximate surface area is 125 Å². The van der Waals surface area contributed by atoms with Gasteiger partial charge in [0.1, 0.15) is 4.99 Å². The number of nitrogens with two attached hydrogens (primary N) is 1. The number of piperidine rings is 1. The third-order valence-corrected chi connectivity index (χ3v) is 3.87. The molecule has 1 aromatic carbocycles. The lowest BCUT2D eigenvalue weighted by Crippen LogP contribution is -2.38. The van der Waals surface area contributed by atoms with Gasteiger partial charge >= 0.3 is 0 Å². The zero-order chi connectivity index (χ0) is 14.5. The molecule has 1 saturated heterocycles. The smallest absolute Gasteiger partial charge is 0.106 e. The zero-order valence-electron chi connectivity index (χ0n) is 11.8. The summed E-state index contributed by atoms with van der Waals surface area (Å²) in [5, 5.41) is 8.79. The number of thiocarbonyl (C=S) groups is 1. The average Bonchev–Trinajstić information content (AvgIpc) is 2.45. The van der Waals surface area contributed by atoms with Gasteiger partial charge < -0.3 is 20.5 Å². The molecule has 1 aliphatic heterocycles. The van der Waals surface area contributed by atoms with Gasteiger partial charge in [0, 0.05) is 24.3 Å². The van der Waals surface area contributed by atoms with Crippen molar-refractivity contribution in [2.45, 2.75) is 25.9 Å². The minimum absolute atomic E-state index is 0.0870. The van der Waals surface area contributed by atoms with Crippen LogP contribution in [0.15, 0.2) is 18.2 Å². The highest BCUT2D eigenvalue weighted by Crippen LogP contribution is 2.26. The maximum atomic E-state index is 8.79. The lowest BCUT2D eigenvalue weighted by molar-refractivity contribution is 0.0159. The molecule has 0 bridgehead atoms. The fraction of sp³-hybridized carbons (Fsp3) is 0.533. The molecule has 0 amide bonds. The topological polar surface area (TPSA) is 58.7 Å². The van der Waals surface area contributed by atoms with Crippen molar-refractivity contribution in [2.24, 2.45) is 5.73 Å². The Morgan fingerprint density at radius 3 is 2.75 bits per heavy atom. The number of rotatable bonds is 5. The number of hydrogen-bond donors (Lipinski definition) is 2. The quantitative estimate of drug-likeness (QED) is 0.808. The van der Waals surface area contributed by atoms with E-state index in [1.807, 2.05) is 12.1 Å². The maximum absolute atomic E-state index is 8.79. The Hall–Kier alpha value is -1.17. The Kier molecular flexibility index (Phi) is 5.34. The van der Waals surface area contributed by atoms with E-state index in [1.165, 1.54) is 5.56 Å². The van der Waals surface area contributed by atoms with Crippen molar-refractivity contribution in [3.8, 4) is 0 Å². The average molecular weight is 294 g/mol. The fourth-order valence-corrected chi connectivity index (χ4v) is 2.77. The van der Waals surface area contributed by atoms with Gasteiger partial charge in [-0.3, -0.25) is 0 Å². The molecule has 1 aromatic rings. The molecule has 2 rings (SSSR count). The monoisotopic (exact) mass is 294 g/mol. The first-order valence-corrected chi connectivity index (χ1v) is 7.40. The van der Waals surface area contributed by atoms with Crippen LogP contribution in [0.4, 0.5) is 5.69 Å². The molecule has 0 aliphatic carbocycles. The van der Waals surface area contributed by atoms with Gasteiger partial charge in [-0.2, -0.15) is 0 Å². The molecule has 0 spiro atoms. The van der Waals surface area contributed by atoms with E-state index in [4.69, 9.17) is 27.8 Å². The molecule has 110 valence electrons. The number of aliphatic hydroxyl groups is 1. The molecule has 1 fully saturated rings. The summed E-state index contributed by atoms with van der Waals surface area (Å²) in [4.78, 5) is 2.76.